The molecule has 0 aliphatic heterocycles. The molecular weight excluding hydrogens is 112 g/mol. The van der Waals surface area contributed by atoms with Crippen LogP contribution in [-0.4, -0.2) is 34.8 Å². The van der Waals surface area contributed by atoms with E-state index >= 15 is 0 Å². The molecule has 0 unspecified atom stereocenters. The number of aliphatic hydroxyl groups excluding tert-OH is 1. The van der Waals surface area contributed by atoms with Crippen molar-refractivity contribution >= 4 is 23.1 Å². The first-order valence-electron chi connectivity index (χ1n) is 1.13. The van der Waals surface area contributed by atoms with Gasteiger partial charge in [-0.25, -0.2) is 0 Å². The number of halogens is 1. The molecule has 0 fully saturated rings. The van der Waals surface area contributed by atoms with Gasteiger partial charge in [-0.1, -0.05) is 6.08 Å². The summed E-state index contributed by atoms with van der Waals surface area (Å²) in [4.78, 5) is 0. The predicted molar refractivity (Wildman–Crippen MR) is 23.0 cm³/mol. The van der Waals surface area contributed by atoms with Crippen molar-refractivity contribution in [1.29, 1.82) is 0 Å². The fourth-order valence-electron chi connectivity index (χ4n) is 0. The fraction of sp³-hybridized carbons (Fsp3) is 0.333. The molecule has 6 heavy (non-hydrogen) atoms. The third-order valence-corrected chi connectivity index (χ3v) is 0.129. The van der Waals surface area contributed by atoms with Crippen molar-refractivity contribution in [3.05, 3.63) is 12.7 Å². The Kier molecular flexibility index (Phi) is 45.3. The van der Waals surface area contributed by atoms with Crippen LogP contribution in [0.25, 0.3) is 0 Å². The summed E-state index contributed by atoms with van der Waals surface area (Å²) in [7, 11) is 0. The Labute approximate surface area is 60.0 Å². The molecule has 0 aliphatic rings. The van der Waals surface area contributed by atoms with E-state index in [-0.39, 0.29) is 42.1 Å². The van der Waals surface area contributed by atoms with Crippen molar-refractivity contribution in [3.63, 3.8) is 0 Å². The van der Waals surface area contributed by atoms with E-state index in [9.17, 15) is 0 Å². The summed E-state index contributed by atoms with van der Waals surface area (Å²) in [5.74, 6) is 0. The van der Waals surface area contributed by atoms with E-state index < -0.39 is 0 Å². The van der Waals surface area contributed by atoms with E-state index in [4.69, 9.17) is 5.11 Å². The SMILES string of the molecule is C=CCO.[Cl-].[Mg+2]. The van der Waals surface area contributed by atoms with Gasteiger partial charge in [-0.2, -0.15) is 0 Å². The second kappa shape index (κ2) is 17.1. The molecule has 0 saturated heterocycles. The van der Waals surface area contributed by atoms with Crippen molar-refractivity contribution in [2.75, 3.05) is 6.61 Å². The maximum absolute atomic E-state index is 7.76. The molecule has 0 atom stereocenters. The largest absolute Gasteiger partial charge is 2.00 e. The smallest absolute Gasteiger partial charge is 1.00 e. The Hall–Kier alpha value is 0.756. The van der Waals surface area contributed by atoms with Gasteiger partial charge in [0.25, 0.3) is 0 Å². The first-order valence-corrected chi connectivity index (χ1v) is 1.13. The molecule has 3 heteroatoms. The molecule has 0 aliphatic carbocycles. The molecule has 0 heterocycles. The molecule has 0 amide bonds. The van der Waals surface area contributed by atoms with E-state index in [1.54, 1.807) is 0 Å². The average molecular weight is 118 g/mol. The minimum atomic E-state index is 0. The van der Waals surface area contributed by atoms with Gasteiger partial charge >= 0.3 is 23.1 Å². The third-order valence-electron chi connectivity index (χ3n) is 0.129. The van der Waals surface area contributed by atoms with E-state index in [1.807, 2.05) is 0 Å². The number of aliphatic hydroxyl groups is 1. The summed E-state index contributed by atoms with van der Waals surface area (Å²) in [6, 6.07) is 0. The molecule has 0 aromatic carbocycles. The molecule has 1 nitrogen and oxygen atoms in total. The number of hydrogen-bond donors (Lipinski definition) is 1. The molecule has 32 valence electrons. The van der Waals surface area contributed by atoms with Crippen LogP contribution in [0.5, 0.6) is 0 Å². The average Bonchev–Trinajstić information content (AvgIpc) is 1.37. The summed E-state index contributed by atoms with van der Waals surface area (Å²) >= 11 is 0. The van der Waals surface area contributed by atoms with Crippen LogP contribution in [0.2, 0.25) is 0 Å². The molecule has 0 aromatic heterocycles. The van der Waals surface area contributed by atoms with Crippen LogP contribution in [0.15, 0.2) is 12.7 Å². The second-order valence-corrected chi connectivity index (χ2v) is 0.471. The number of rotatable bonds is 1. The fourth-order valence-corrected chi connectivity index (χ4v) is 0. The second-order valence-electron chi connectivity index (χ2n) is 0.471. The van der Waals surface area contributed by atoms with Gasteiger partial charge in [0.1, 0.15) is 0 Å². The first-order chi connectivity index (χ1) is 1.91. The van der Waals surface area contributed by atoms with E-state index in [2.05, 4.69) is 6.58 Å². The van der Waals surface area contributed by atoms with Gasteiger partial charge in [-0.05, 0) is 0 Å². The zero-order chi connectivity index (χ0) is 3.41. The Morgan fingerprint density at radius 3 is 1.83 bits per heavy atom. The minimum absolute atomic E-state index is 0. The van der Waals surface area contributed by atoms with Gasteiger partial charge in [0.05, 0.1) is 6.61 Å². The Balaban J connectivity index is -0.0000000450. The molecule has 0 saturated carbocycles. The standard InChI is InChI=1S/C3H6O.ClH.Mg/c1-2-3-4;;/h2,4H,1,3H2;1H;/q;;+2/p-1. The Morgan fingerprint density at radius 1 is 1.67 bits per heavy atom. The van der Waals surface area contributed by atoms with Crippen molar-refractivity contribution in [2.45, 2.75) is 0 Å². The van der Waals surface area contributed by atoms with E-state index in [0.29, 0.717) is 0 Å². The van der Waals surface area contributed by atoms with Crippen molar-refractivity contribution in [3.8, 4) is 0 Å². The van der Waals surface area contributed by atoms with Gasteiger partial charge in [0.15, 0.2) is 0 Å². The summed E-state index contributed by atoms with van der Waals surface area (Å²) in [6.07, 6.45) is 1.43. The third kappa shape index (κ3) is 21.8. The van der Waals surface area contributed by atoms with Crippen LogP contribution in [0.4, 0.5) is 0 Å². The monoisotopic (exact) mass is 117 g/mol. The molecule has 0 radical (unpaired) electrons. The summed E-state index contributed by atoms with van der Waals surface area (Å²) in [5, 5.41) is 7.76. The van der Waals surface area contributed by atoms with E-state index in [0.717, 1.165) is 0 Å². The molecule has 0 rings (SSSR count). The van der Waals surface area contributed by atoms with E-state index in [1.165, 1.54) is 6.08 Å². The van der Waals surface area contributed by atoms with Crippen molar-refractivity contribution in [2.24, 2.45) is 0 Å². The van der Waals surface area contributed by atoms with Crippen LogP contribution < -0.4 is 12.4 Å². The quantitative estimate of drug-likeness (QED) is 0.283. The van der Waals surface area contributed by atoms with Crippen LogP contribution in [0.3, 0.4) is 0 Å². The predicted octanol–water partition coefficient (Wildman–Crippen LogP) is -3.21. The summed E-state index contributed by atoms with van der Waals surface area (Å²) in [5.41, 5.74) is 0. The molecular formula is C3H6ClMgO+. The van der Waals surface area contributed by atoms with Crippen molar-refractivity contribution < 1.29 is 17.5 Å². The topological polar surface area (TPSA) is 20.2 Å². The normalized spacial score (nSPS) is 4.17. The Bertz CT molecular complexity index is 24.8. The Morgan fingerprint density at radius 2 is 1.83 bits per heavy atom. The minimum Gasteiger partial charge on any atom is -1.00 e. The van der Waals surface area contributed by atoms with Crippen LogP contribution in [-0.2, 0) is 0 Å². The van der Waals surface area contributed by atoms with Gasteiger partial charge in [0.2, 0.25) is 0 Å². The van der Waals surface area contributed by atoms with Crippen LogP contribution in [0.1, 0.15) is 0 Å². The van der Waals surface area contributed by atoms with Gasteiger partial charge in [0, 0.05) is 0 Å². The zero-order valence-corrected chi connectivity index (χ0v) is 5.69. The molecule has 0 aromatic rings. The zero-order valence-electron chi connectivity index (χ0n) is 3.52. The first kappa shape index (κ1) is 15.9. The molecule has 0 spiro atoms. The summed E-state index contributed by atoms with van der Waals surface area (Å²) < 4.78 is 0. The van der Waals surface area contributed by atoms with Gasteiger partial charge in [-0.15, -0.1) is 6.58 Å². The van der Waals surface area contributed by atoms with Crippen LogP contribution in [0, 0.1) is 0 Å². The molecule has 0 bridgehead atoms. The van der Waals surface area contributed by atoms with Gasteiger partial charge < -0.3 is 17.5 Å². The maximum atomic E-state index is 7.76. The van der Waals surface area contributed by atoms with Crippen molar-refractivity contribution in [1.82, 2.24) is 0 Å². The van der Waals surface area contributed by atoms with Gasteiger partial charge in [-0.3, -0.25) is 0 Å². The molecule has 1 N–H and O–H groups in total. The summed E-state index contributed by atoms with van der Waals surface area (Å²) in [6.45, 7) is 3.31. The van der Waals surface area contributed by atoms with Crippen LogP contribution >= 0.6 is 0 Å². The number of hydrogen-bond acceptors (Lipinski definition) is 1. The maximum Gasteiger partial charge on any atom is 2.00 e.